The molecule has 0 saturated carbocycles. The first kappa shape index (κ1) is 25.9. The van der Waals surface area contributed by atoms with Gasteiger partial charge in [0.1, 0.15) is 0 Å². The van der Waals surface area contributed by atoms with Crippen molar-refractivity contribution in [2.24, 2.45) is 0 Å². The van der Waals surface area contributed by atoms with E-state index >= 15 is 0 Å². The summed E-state index contributed by atoms with van der Waals surface area (Å²) < 4.78 is 2.17. The molecule has 0 aromatic carbocycles. The van der Waals surface area contributed by atoms with Crippen molar-refractivity contribution in [1.82, 2.24) is 38.8 Å². The lowest BCUT2D eigenvalue weighted by atomic mass is 9.79. The molecule has 4 amide bonds. The van der Waals surface area contributed by atoms with Crippen LogP contribution < -0.4 is 0 Å². The quantitative estimate of drug-likeness (QED) is 0.525. The van der Waals surface area contributed by atoms with E-state index in [1.54, 1.807) is 0 Å². The Morgan fingerprint density at radius 3 is 1.49 bits per heavy atom. The highest BCUT2D eigenvalue weighted by atomic mass is 32.1. The second-order valence-corrected chi connectivity index (χ2v) is 14.5. The normalized spacial score (nSPS) is 35.7. The van der Waals surface area contributed by atoms with Crippen LogP contribution in [0.25, 0.3) is 0 Å². The molecule has 6 aliphatic heterocycles. The maximum absolute atomic E-state index is 13.8. The highest BCUT2D eigenvalue weighted by molar-refractivity contribution is 7.77. The number of rotatable bonds is 2. The fourth-order valence-corrected chi connectivity index (χ4v) is 8.43. The fourth-order valence-electron chi connectivity index (χ4n) is 8.27. The molecule has 2 unspecified atom stereocenters. The van der Waals surface area contributed by atoms with Crippen LogP contribution in [0.2, 0.25) is 0 Å². The molecular weight excluding hydrogens is 492 g/mol. The molecule has 1 N–H and O–H groups in total. The second kappa shape index (κ2) is 8.11. The molecule has 0 aromatic heterocycles. The molecule has 0 radical (unpaired) electrons. The molecule has 37 heavy (non-hydrogen) atoms. The summed E-state index contributed by atoms with van der Waals surface area (Å²) in [5.74, 6) is 0. The number of piperidine rings is 2. The summed E-state index contributed by atoms with van der Waals surface area (Å²) in [7, 11) is 0. The Bertz CT molecular complexity index is 939. The number of amides is 4. The number of hydrogen-bond acceptors (Lipinski definition) is 8. The zero-order valence-corrected chi connectivity index (χ0v) is 24.2. The molecule has 6 saturated heterocycles. The minimum Gasteiger partial charge on any atom is -0.313 e. The zero-order valence-electron chi connectivity index (χ0n) is 23.3. The van der Waals surface area contributed by atoms with E-state index < -0.39 is 0 Å². The number of carbonyl (C=O) groups excluding carboxylic acids is 2. The number of urea groups is 2. The van der Waals surface area contributed by atoms with Crippen LogP contribution in [0.3, 0.4) is 0 Å². The van der Waals surface area contributed by atoms with Gasteiger partial charge in [0.05, 0.1) is 26.7 Å². The predicted molar refractivity (Wildman–Crippen MR) is 141 cm³/mol. The van der Waals surface area contributed by atoms with Gasteiger partial charge in [-0.2, -0.15) is 5.06 Å². The Balaban J connectivity index is 1.24. The lowest BCUT2D eigenvalue weighted by Gasteiger charge is -2.56. The van der Waals surface area contributed by atoms with E-state index in [9.17, 15) is 14.8 Å². The van der Waals surface area contributed by atoms with Crippen LogP contribution in [-0.4, -0.2) is 130 Å². The van der Waals surface area contributed by atoms with Gasteiger partial charge in [0, 0.05) is 34.7 Å². The van der Waals surface area contributed by atoms with Gasteiger partial charge in [-0.15, -0.1) is 0 Å². The molecule has 208 valence electrons. The van der Waals surface area contributed by atoms with E-state index in [-0.39, 0.29) is 59.1 Å². The topological polar surface area (TPSA) is 80.3 Å². The lowest BCUT2D eigenvalue weighted by molar-refractivity contribution is -0.221. The largest absolute Gasteiger partial charge is 0.325 e. The highest BCUT2D eigenvalue weighted by Crippen LogP contribution is 2.45. The van der Waals surface area contributed by atoms with Crippen LogP contribution in [0, 0.1) is 0 Å². The van der Waals surface area contributed by atoms with Gasteiger partial charge in [-0.1, -0.05) is 12.8 Å². The third-order valence-corrected chi connectivity index (χ3v) is 11.0. The first-order chi connectivity index (χ1) is 17.1. The van der Waals surface area contributed by atoms with Crippen molar-refractivity contribution in [2.45, 2.75) is 121 Å². The Kier molecular flexibility index (Phi) is 5.68. The van der Waals surface area contributed by atoms with Crippen LogP contribution in [0.5, 0.6) is 0 Å². The van der Waals surface area contributed by atoms with Gasteiger partial charge >= 0.3 is 12.1 Å². The molecule has 11 nitrogen and oxygen atoms in total. The van der Waals surface area contributed by atoms with Gasteiger partial charge in [0.25, 0.3) is 0 Å². The SMILES string of the molecule is CC1CC(N2CN3C(=O)N4CN(C5CC(C)(C)N(S)C(C)(C)C5)CN5C(=O)N(C2)C3C45)CC(C)(C)N1O. The summed E-state index contributed by atoms with van der Waals surface area (Å²) in [6, 6.07) is 0.489. The van der Waals surface area contributed by atoms with Crippen LogP contribution in [0.1, 0.15) is 74.1 Å². The number of hydrogen-bond donors (Lipinski definition) is 2. The molecular formula is C25H44N8O3S. The maximum Gasteiger partial charge on any atom is 0.325 e. The molecule has 0 aliphatic carbocycles. The van der Waals surface area contributed by atoms with Crippen molar-refractivity contribution in [3.8, 4) is 0 Å². The standard InChI is InChI=1S/C25H44N8O3S/c1-16-8-17(9-23(2,3)32(16)36)26-12-28-19-20-30(21(28)34)14-27(15-31(20)22(35)29(19)13-26)18-10-24(4,5)33(37)25(6,7)11-18/h16-20,36-37H,8-15H2,1-7H3. The summed E-state index contributed by atoms with van der Waals surface area (Å²) in [5.41, 5.74) is -0.560. The number of carbonyl (C=O) groups is 2. The van der Waals surface area contributed by atoms with Crippen molar-refractivity contribution in [3.63, 3.8) is 0 Å². The van der Waals surface area contributed by atoms with Crippen LogP contribution >= 0.6 is 12.8 Å². The molecule has 0 aromatic rings. The van der Waals surface area contributed by atoms with Crippen molar-refractivity contribution >= 4 is 24.9 Å². The molecule has 2 atom stereocenters. The third kappa shape index (κ3) is 3.73. The second-order valence-electron chi connectivity index (χ2n) is 14.1. The monoisotopic (exact) mass is 536 g/mol. The summed E-state index contributed by atoms with van der Waals surface area (Å²) in [5, 5.41) is 12.0. The van der Waals surface area contributed by atoms with Gasteiger partial charge in [-0.3, -0.25) is 29.4 Å². The molecule has 0 spiro atoms. The average molecular weight is 537 g/mol. The minimum atomic E-state index is -0.361. The Morgan fingerprint density at radius 1 is 0.703 bits per heavy atom. The number of hydroxylamine groups is 2. The minimum absolute atomic E-state index is 0.0143. The number of thiol groups is 1. The molecule has 6 rings (SSSR count). The van der Waals surface area contributed by atoms with E-state index in [0.29, 0.717) is 26.7 Å². The molecule has 0 bridgehead atoms. The van der Waals surface area contributed by atoms with E-state index in [1.807, 2.05) is 26.5 Å². The summed E-state index contributed by atoms with van der Waals surface area (Å²) in [4.78, 5) is 39.9. The average Bonchev–Trinajstić information content (AvgIpc) is 3.26. The Hall–Kier alpha value is -1.31. The Morgan fingerprint density at radius 2 is 1.08 bits per heavy atom. The van der Waals surface area contributed by atoms with Gasteiger partial charge < -0.3 is 5.21 Å². The van der Waals surface area contributed by atoms with Gasteiger partial charge in [0.2, 0.25) is 0 Å². The van der Waals surface area contributed by atoms with Crippen LogP contribution in [0.15, 0.2) is 0 Å². The van der Waals surface area contributed by atoms with E-state index in [1.165, 1.54) is 5.06 Å². The maximum atomic E-state index is 13.8. The van der Waals surface area contributed by atoms with E-state index in [4.69, 9.17) is 12.8 Å². The van der Waals surface area contributed by atoms with Gasteiger partial charge in [0.15, 0.2) is 12.3 Å². The third-order valence-electron chi connectivity index (χ3n) is 9.90. The van der Waals surface area contributed by atoms with Crippen molar-refractivity contribution < 1.29 is 14.8 Å². The van der Waals surface area contributed by atoms with Gasteiger partial charge in [-0.25, -0.2) is 13.9 Å². The highest BCUT2D eigenvalue weighted by Gasteiger charge is 2.64. The summed E-state index contributed by atoms with van der Waals surface area (Å²) in [6.07, 6.45) is 2.98. The van der Waals surface area contributed by atoms with Crippen LogP contribution in [-0.2, 0) is 0 Å². The summed E-state index contributed by atoms with van der Waals surface area (Å²) in [6.45, 7) is 17.2. The molecule has 6 heterocycles. The van der Waals surface area contributed by atoms with E-state index in [0.717, 1.165) is 25.7 Å². The molecule has 6 aliphatic rings. The zero-order chi connectivity index (χ0) is 26.8. The summed E-state index contributed by atoms with van der Waals surface area (Å²) >= 11 is 4.83. The first-order valence-corrected chi connectivity index (χ1v) is 14.1. The van der Waals surface area contributed by atoms with E-state index in [2.05, 4.69) is 55.6 Å². The Labute approximate surface area is 226 Å². The van der Waals surface area contributed by atoms with Crippen molar-refractivity contribution in [3.05, 3.63) is 0 Å². The van der Waals surface area contributed by atoms with Crippen LogP contribution in [0.4, 0.5) is 9.59 Å². The molecule has 6 fully saturated rings. The predicted octanol–water partition coefficient (Wildman–Crippen LogP) is 2.46. The lowest BCUT2D eigenvalue weighted by Crippen LogP contribution is -2.67. The van der Waals surface area contributed by atoms with Gasteiger partial charge in [-0.05, 0) is 74.1 Å². The fraction of sp³-hybridized carbons (Fsp3) is 0.920. The number of nitrogens with zero attached hydrogens (tertiary/aromatic N) is 8. The van der Waals surface area contributed by atoms with Crippen molar-refractivity contribution in [1.29, 1.82) is 0 Å². The van der Waals surface area contributed by atoms with Crippen molar-refractivity contribution in [2.75, 3.05) is 26.7 Å². The smallest absolute Gasteiger partial charge is 0.313 e. The molecule has 12 heteroatoms. The first-order valence-electron chi connectivity index (χ1n) is 13.7.